The molecule has 2 amide bonds. The number of anilines is 2. The van der Waals surface area contributed by atoms with Crippen LogP contribution in [0.1, 0.15) is 37.0 Å². The summed E-state index contributed by atoms with van der Waals surface area (Å²) in [5, 5.41) is 14.7. The second-order valence-electron chi connectivity index (χ2n) is 5.41. The van der Waals surface area contributed by atoms with E-state index < -0.39 is 5.97 Å². The fourth-order valence-corrected chi connectivity index (χ4v) is 2.14. The normalized spacial score (nSPS) is 10.1. The van der Waals surface area contributed by atoms with Crippen LogP contribution in [0.15, 0.2) is 42.5 Å². The van der Waals surface area contributed by atoms with Crippen molar-refractivity contribution >= 4 is 29.2 Å². The molecule has 0 aliphatic heterocycles. The van der Waals surface area contributed by atoms with Crippen LogP contribution in [-0.2, 0) is 9.59 Å². The van der Waals surface area contributed by atoms with Crippen LogP contribution in [0, 0.1) is 0 Å². The van der Waals surface area contributed by atoms with Crippen molar-refractivity contribution in [3.8, 4) is 11.5 Å². The van der Waals surface area contributed by atoms with Gasteiger partial charge in [0.15, 0.2) is 5.75 Å². The van der Waals surface area contributed by atoms with Gasteiger partial charge in [-0.3, -0.25) is 9.59 Å². The van der Waals surface area contributed by atoms with Gasteiger partial charge in [0.25, 0.3) is 0 Å². The average molecular weight is 356 g/mol. The third-order valence-electron chi connectivity index (χ3n) is 3.53. The summed E-state index contributed by atoms with van der Waals surface area (Å²) in [6, 6.07) is 11.2. The van der Waals surface area contributed by atoms with Gasteiger partial charge in [-0.2, -0.15) is 0 Å². The number of carboxylic acids is 1. The molecule has 0 unspecified atom stereocenters. The number of amides is 2. The van der Waals surface area contributed by atoms with Crippen LogP contribution < -0.4 is 15.4 Å². The Morgan fingerprint density at radius 2 is 1.54 bits per heavy atom. The summed E-state index contributed by atoms with van der Waals surface area (Å²) in [5.74, 6) is -0.973. The molecule has 0 spiro atoms. The van der Waals surface area contributed by atoms with Crippen LogP contribution in [0.5, 0.6) is 11.5 Å². The number of carbonyl (C=O) groups excluding carboxylic acids is 2. The Balaban J connectivity index is 2.30. The zero-order valence-electron chi connectivity index (χ0n) is 14.5. The minimum atomic E-state index is -1.19. The molecule has 7 nitrogen and oxygen atoms in total. The van der Waals surface area contributed by atoms with E-state index in [1.54, 1.807) is 44.2 Å². The van der Waals surface area contributed by atoms with E-state index >= 15 is 0 Å². The molecule has 26 heavy (non-hydrogen) atoms. The topological polar surface area (TPSA) is 105 Å². The summed E-state index contributed by atoms with van der Waals surface area (Å²) in [6.45, 7) is 3.41. The summed E-state index contributed by atoms with van der Waals surface area (Å²) >= 11 is 0. The number of aromatic carboxylic acids is 1. The Hall–Kier alpha value is -3.35. The minimum Gasteiger partial charge on any atom is -0.478 e. The standard InChI is InChI=1S/C19H20N2O5/c1-3-17(22)20-14-10-9-12(11-13(14)19(24)25)26-16-8-6-5-7-15(16)21-18(23)4-2/h5-11H,3-4H2,1-2H3,(H,20,22)(H,21,23)(H,24,25). The summed E-state index contributed by atoms with van der Waals surface area (Å²) in [4.78, 5) is 34.6. The van der Waals surface area contributed by atoms with Crippen molar-refractivity contribution in [2.24, 2.45) is 0 Å². The summed E-state index contributed by atoms with van der Waals surface area (Å²) in [7, 11) is 0. The van der Waals surface area contributed by atoms with E-state index in [0.29, 0.717) is 17.9 Å². The first-order valence-electron chi connectivity index (χ1n) is 8.18. The van der Waals surface area contributed by atoms with Gasteiger partial charge in [0.2, 0.25) is 11.8 Å². The van der Waals surface area contributed by atoms with Crippen molar-refractivity contribution in [3.05, 3.63) is 48.0 Å². The molecule has 0 aliphatic carbocycles. The number of para-hydroxylation sites is 2. The average Bonchev–Trinajstić information content (AvgIpc) is 2.64. The van der Waals surface area contributed by atoms with Gasteiger partial charge in [-0.1, -0.05) is 26.0 Å². The molecule has 0 saturated carbocycles. The van der Waals surface area contributed by atoms with E-state index in [1.807, 2.05) is 0 Å². The molecule has 0 radical (unpaired) electrons. The number of hydrogen-bond donors (Lipinski definition) is 3. The predicted molar refractivity (Wildman–Crippen MR) is 97.8 cm³/mol. The van der Waals surface area contributed by atoms with E-state index in [4.69, 9.17) is 4.74 Å². The SMILES string of the molecule is CCC(=O)Nc1ccccc1Oc1ccc(NC(=O)CC)c(C(=O)O)c1. The number of carboxylic acid groups (broad SMARTS) is 1. The molecule has 2 rings (SSSR count). The molecule has 0 fully saturated rings. The molecule has 0 bridgehead atoms. The first-order valence-corrected chi connectivity index (χ1v) is 8.18. The van der Waals surface area contributed by atoms with Crippen molar-refractivity contribution in [2.45, 2.75) is 26.7 Å². The molecule has 0 aromatic heterocycles. The van der Waals surface area contributed by atoms with Crippen molar-refractivity contribution in [3.63, 3.8) is 0 Å². The summed E-state index contributed by atoms with van der Waals surface area (Å²) in [6.07, 6.45) is 0.561. The van der Waals surface area contributed by atoms with E-state index in [1.165, 1.54) is 12.1 Å². The summed E-state index contributed by atoms with van der Waals surface area (Å²) < 4.78 is 5.74. The second kappa shape index (κ2) is 8.66. The van der Waals surface area contributed by atoms with Crippen LogP contribution in [0.4, 0.5) is 11.4 Å². The lowest BCUT2D eigenvalue weighted by molar-refractivity contribution is -0.116. The first kappa shape index (κ1) is 19.0. The van der Waals surface area contributed by atoms with Crippen LogP contribution >= 0.6 is 0 Å². The Kier molecular flexibility index (Phi) is 6.32. The number of carbonyl (C=O) groups is 3. The van der Waals surface area contributed by atoms with Gasteiger partial charge < -0.3 is 20.5 Å². The molecule has 0 saturated heterocycles. The quantitative estimate of drug-likeness (QED) is 0.698. The minimum absolute atomic E-state index is 0.0839. The number of ether oxygens (including phenoxy) is 1. The third kappa shape index (κ3) is 4.83. The molecular weight excluding hydrogens is 336 g/mol. The van der Waals surface area contributed by atoms with Gasteiger partial charge in [0.1, 0.15) is 5.75 Å². The fraction of sp³-hybridized carbons (Fsp3) is 0.211. The van der Waals surface area contributed by atoms with Crippen molar-refractivity contribution in [2.75, 3.05) is 10.6 Å². The van der Waals surface area contributed by atoms with Gasteiger partial charge >= 0.3 is 5.97 Å². The van der Waals surface area contributed by atoms with Crippen molar-refractivity contribution < 1.29 is 24.2 Å². The van der Waals surface area contributed by atoms with Crippen molar-refractivity contribution in [1.82, 2.24) is 0 Å². The first-order chi connectivity index (χ1) is 12.4. The lowest BCUT2D eigenvalue weighted by Gasteiger charge is -2.14. The van der Waals surface area contributed by atoms with Gasteiger partial charge in [0.05, 0.1) is 16.9 Å². The Labute approximate surface area is 151 Å². The fourth-order valence-electron chi connectivity index (χ4n) is 2.14. The highest BCUT2D eigenvalue weighted by Gasteiger charge is 2.15. The highest BCUT2D eigenvalue weighted by Crippen LogP contribution is 2.31. The molecule has 0 aliphatic rings. The summed E-state index contributed by atoms with van der Waals surface area (Å²) in [5.41, 5.74) is 0.600. The molecular formula is C19H20N2O5. The highest BCUT2D eigenvalue weighted by molar-refractivity contribution is 6.00. The molecule has 136 valence electrons. The monoisotopic (exact) mass is 356 g/mol. The Morgan fingerprint density at radius 3 is 2.15 bits per heavy atom. The number of benzene rings is 2. The van der Waals surface area contributed by atoms with E-state index in [0.717, 1.165) is 0 Å². The molecule has 2 aromatic rings. The molecule has 3 N–H and O–H groups in total. The predicted octanol–water partition coefficient (Wildman–Crippen LogP) is 3.87. The van der Waals surface area contributed by atoms with E-state index in [9.17, 15) is 19.5 Å². The van der Waals surface area contributed by atoms with Gasteiger partial charge in [0, 0.05) is 12.8 Å². The second-order valence-corrected chi connectivity index (χ2v) is 5.41. The van der Waals surface area contributed by atoms with E-state index in [2.05, 4.69) is 10.6 Å². The van der Waals surface area contributed by atoms with Gasteiger partial charge in [-0.05, 0) is 30.3 Å². The van der Waals surface area contributed by atoms with Crippen LogP contribution in [0.3, 0.4) is 0 Å². The molecule has 7 heteroatoms. The number of rotatable bonds is 7. The van der Waals surface area contributed by atoms with Gasteiger partial charge in [-0.25, -0.2) is 4.79 Å². The zero-order chi connectivity index (χ0) is 19.1. The zero-order valence-corrected chi connectivity index (χ0v) is 14.5. The molecule has 2 aromatic carbocycles. The molecule has 0 atom stereocenters. The Bertz CT molecular complexity index is 832. The van der Waals surface area contributed by atoms with E-state index in [-0.39, 0.29) is 35.2 Å². The lowest BCUT2D eigenvalue weighted by atomic mass is 10.1. The van der Waals surface area contributed by atoms with Crippen molar-refractivity contribution in [1.29, 1.82) is 0 Å². The number of hydrogen-bond acceptors (Lipinski definition) is 4. The smallest absolute Gasteiger partial charge is 0.337 e. The third-order valence-corrected chi connectivity index (χ3v) is 3.53. The molecule has 0 heterocycles. The van der Waals surface area contributed by atoms with Crippen LogP contribution in [0.2, 0.25) is 0 Å². The maximum Gasteiger partial charge on any atom is 0.337 e. The maximum atomic E-state index is 11.6. The van der Waals surface area contributed by atoms with Crippen LogP contribution in [-0.4, -0.2) is 22.9 Å². The maximum absolute atomic E-state index is 11.6. The highest BCUT2D eigenvalue weighted by atomic mass is 16.5. The lowest BCUT2D eigenvalue weighted by Crippen LogP contribution is -2.13. The van der Waals surface area contributed by atoms with Crippen LogP contribution in [0.25, 0.3) is 0 Å². The Morgan fingerprint density at radius 1 is 0.923 bits per heavy atom. The number of nitrogens with one attached hydrogen (secondary N) is 2. The largest absolute Gasteiger partial charge is 0.478 e. The van der Waals surface area contributed by atoms with Gasteiger partial charge in [-0.15, -0.1) is 0 Å².